The molecule has 3 fully saturated rings. The molecule has 2 saturated carbocycles. The van der Waals surface area contributed by atoms with Gasteiger partial charge in [-0.3, -0.25) is 4.79 Å². The number of aliphatic carboxylic acids is 1. The number of nitrogens with one attached hydrogen (secondary N) is 2. The molecule has 1 aromatic heterocycles. The molecule has 1 amide bonds. The first kappa shape index (κ1) is 24.5. The van der Waals surface area contributed by atoms with Crippen LogP contribution in [0.25, 0.3) is 0 Å². The number of amides is 1. The standard InChI is InChI=1S/C27H39N3O5/c31-25(32)22(30-26(33)27-11-2-1-5-23(27)35-15-12-27)10-14-34-21-16-18(17-21)6-8-20-9-7-19-4-3-13-28-24(19)29-20/h7,9,18,21-23H,1-6,8,10-17H2,(H,28,29)(H,30,33)(H,31,32)/t18-,21-,22-,23?,27?/m0/s1. The number of aryl methyl sites for hydroxylation is 2. The number of carboxylic acid groups (broad SMARTS) is 1. The molecule has 8 heteroatoms. The molecule has 0 spiro atoms. The average Bonchev–Trinajstić information content (AvgIpc) is 3.29. The summed E-state index contributed by atoms with van der Waals surface area (Å²) in [5, 5.41) is 15.9. The van der Waals surface area contributed by atoms with Gasteiger partial charge in [0.15, 0.2) is 0 Å². The Balaban J connectivity index is 1.02. The third-order valence-corrected chi connectivity index (χ3v) is 8.59. The fourth-order valence-electron chi connectivity index (χ4n) is 6.31. The van der Waals surface area contributed by atoms with Gasteiger partial charge >= 0.3 is 5.97 Å². The maximum atomic E-state index is 13.1. The normalized spacial score (nSPS) is 30.3. The number of hydrogen-bond donors (Lipinski definition) is 3. The van der Waals surface area contributed by atoms with Gasteiger partial charge in [-0.2, -0.15) is 0 Å². The van der Waals surface area contributed by atoms with Gasteiger partial charge in [0.05, 0.1) is 17.6 Å². The Morgan fingerprint density at radius 2 is 2.14 bits per heavy atom. The molecule has 2 aliphatic heterocycles. The second-order valence-corrected chi connectivity index (χ2v) is 10.9. The van der Waals surface area contributed by atoms with Crippen molar-refractivity contribution in [1.29, 1.82) is 0 Å². The number of carbonyl (C=O) groups is 2. The van der Waals surface area contributed by atoms with E-state index in [9.17, 15) is 14.7 Å². The van der Waals surface area contributed by atoms with Gasteiger partial charge in [-0.1, -0.05) is 18.9 Å². The maximum Gasteiger partial charge on any atom is 0.326 e. The molecule has 192 valence electrons. The van der Waals surface area contributed by atoms with Crippen molar-refractivity contribution in [3.8, 4) is 0 Å². The van der Waals surface area contributed by atoms with Gasteiger partial charge < -0.3 is 25.2 Å². The van der Waals surface area contributed by atoms with E-state index in [1.807, 2.05) is 0 Å². The fourth-order valence-corrected chi connectivity index (χ4v) is 6.31. The highest BCUT2D eigenvalue weighted by atomic mass is 16.5. The molecule has 2 unspecified atom stereocenters. The van der Waals surface area contributed by atoms with Crippen LogP contribution in [0.5, 0.6) is 0 Å². The third kappa shape index (κ3) is 5.48. The Morgan fingerprint density at radius 1 is 1.26 bits per heavy atom. The van der Waals surface area contributed by atoms with Crippen molar-refractivity contribution in [3.63, 3.8) is 0 Å². The second-order valence-electron chi connectivity index (χ2n) is 10.9. The minimum atomic E-state index is -0.997. The van der Waals surface area contributed by atoms with E-state index in [-0.39, 0.29) is 24.5 Å². The van der Waals surface area contributed by atoms with E-state index in [1.165, 1.54) is 12.0 Å². The highest BCUT2D eigenvalue weighted by Gasteiger charge is 2.51. The third-order valence-electron chi connectivity index (χ3n) is 8.59. The summed E-state index contributed by atoms with van der Waals surface area (Å²) in [6.45, 7) is 1.94. The molecular weight excluding hydrogens is 446 g/mol. The summed E-state index contributed by atoms with van der Waals surface area (Å²) in [5.41, 5.74) is 1.93. The Kier molecular flexibility index (Phi) is 7.58. The predicted molar refractivity (Wildman–Crippen MR) is 131 cm³/mol. The SMILES string of the molecule is O=C(O)[C@H](CCO[C@H]1C[C@H](CCc2ccc3c(n2)NCCC3)C1)NC(=O)C12CCCCC1OCC2. The number of pyridine rings is 1. The van der Waals surface area contributed by atoms with Gasteiger partial charge in [0.1, 0.15) is 11.9 Å². The number of fused-ring (bicyclic) bond motifs is 2. The predicted octanol–water partition coefficient (Wildman–Crippen LogP) is 3.48. The lowest BCUT2D eigenvalue weighted by molar-refractivity contribution is -0.147. The van der Waals surface area contributed by atoms with Crippen LogP contribution >= 0.6 is 0 Å². The van der Waals surface area contributed by atoms with E-state index < -0.39 is 17.4 Å². The summed E-state index contributed by atoms with van der Waals surface area (Å²) < 4.78 is 11.8. The van der Waals surface area contributed by atoms with Crippen molar-refractivity contribution in [2.24, 2.45) is 11.3 Å². The molecule has 0 radical (unpaired) electrons. The Labute approximate surface area is 207 Å². The fraction of sp³-hybridized carbons (Fsp3) is 0.741. The van der Waals surface area contributed by atoms with E-state index in [2.05, 4.69) is 22.8 Å². The van der Waals surface area contributed by atoms with Crippen LogP contribution in [0.3, 0.4) is 0 Å². The molecule has 5 rings (SSSR count). The maximum absolute atomic E-state index is 13.1. The lowest BCUT2D eigenvalue weighted by Gasteiger charge is -2.37. The Bertz CT molecular complexity index is 918. The largest absolute Gasteiger partial charge is 0.480 e. The first-order valence-electron chi connectivity index (χ1n) is 13.5. The lowest BCUT2D eigenvalue weighted by Crippen LogP contribution is -2.53. The average molecular weight is 486 g/mol. The van der Waals surface area contributed by atoms with Crippen molar-refractivity contribution in [1.82, 2.24) is 10.3 Å². The van der Waals surface area contributed by atoms with Crippen LogP contribution in [-0.2, 0) is 31.9 Å². The molecule has 0 aromatic carbocycles. The van der Waals surface area contributed by atoms with Gasteiger partial charge in [-0.15, -0.1) is 0 Å². The Morgan fingerprint density at radius 3 is 3.00 bits per heavy atom. The topological polar surface area (TPSA) is 110 Å². The van der Waals surface area contributed by atoms with E-state index in [0.717, 1.165) is 75.8 Å². The molecule has 8 nitrogen and oxygen atoms in total. The van der Waals surface area contributed by atoms with Crippen LogP contribution in [0.15, 0.2) is 12.1 Å². The van der Waals surface area contributed by atoms with Crippen LogP contribution in [0.1, 0.15) is 75.5 Å². The summed E-state index contributed by atoms with van der Waals surface area (Å²) in [5.74, 6) is 0.540. The van der Waals surface area contributed by atoms with E-state index in [1.54, 1.807) is 0 Å². The quantitative estimate of drug-likeness (QED) is 0.465. The van der Waals surface area contributed by atoms with E-state index >= 15 is 0 Å². The molecule has 3 atom stereocenters. The van der Waals surface area contributed by atoms with Crippen molar-refractivity contribution < 1.29 is 24.2 Å². The first-order valence-corrected chi connectivity index (χ1v) is 13.5. The van der Waals surface area contributed by atoms with Crippen molar-refractivity contribution in [3.05, 3.63) is 23.4 Å². The zero-order chi connectivity index (χ0) is 24.3. The number of hydrogen-bond acceptors (Lipinski definition) is 6. The van der Waals surface area contributed by atoms with Gasteiger partial charge in [0.2, 0.25) is 5.91 Å². The van der Waals surface area contributed by atoms with Crippen LogP contribution in [-0.4, -0.2) is 60.0 Å². The Hall–Kier alpha value is -2.19. The van der Waals surface area contributed by atoms with Gasteiger partial charge in [0, 0.05) is 31.9 Å². The summed E-state index contributed by atoms with van der Waals surface area (Å²) in [4.78, 5) is 29.7. The summed E-state index contributed by atoms with van der Waals surface area (Å²) in [6, 6.07) is 3.45. The molecule has 3 N–H and O–H groups in total. The van der Waals surface area contributed by atoms with Crippen LogP contribution in [0.4, 0.5) is 5.82 Å². The number of nitrogens with zero attached hydrogens (tertiary/aromatic N) is 1. The highest BCUT2D eigenvalue weighted by Crippen LogP contribution is 2.45. The minimum Gasteiger partial charge on any atom is -0.480 e. The molecule has 3 heterocycles. The van der Waals surface area contributed by atoms with Gasteiger partial charge in [-0.25, -0.2) is 9.78 Å². The van der Waals surface area contributed by atoms with Crippen molar-refractivity contribution >= 4 is 17.7 Å². The zero-order valence-electron chi connectivity index (χ0n) is 20.6. The van der Waals surface area contributed by atoms with Crippen LogP contribution < -0.4 is 10.6 Å². The molecule has 2 aliphatic carbocycles. The molecule has 1 aromatic rings. The van der Waals surface area contributed by atoms with Crippen molar-refractivity contribution in [2.75, 3.05) is 25.1 Å². The second kappa shape index (κ2) is 10.8. The number of ether oxygens (including phenoxy) is 2. The molecule has 4 aliphatic rings. The highest BCUT2D eigenvalue weighted by molar-refractivity contribution is 5.88. The number of aromatic nitrogens is 1. The monoisotopic (exact) mass is 485 g/mol. The molecular formula is C27H39N3O5. The van der Waals surface area contributed by atoms with E-state index in [4.69, 9.17) is 14.5 Å². The van der Waals surface area contributed by atoms with E-state index in [0.29, 0.717) is 25.6 Å². The number of carboxylic acids is 1. The molecule has 0 bridgehead atoms. The number of anilines is 1. The summed E-state index contributed by atoms with van der Waals surface area (Å²) in [6.07, 6.45) is 11.2. The molecule has 1 saturated heterocycles. The molecule has 35 heavy (non-hydrogen) atoms. The first-order chi connectivity index (χ1) is 17.0. The van der Waals surface area contributed by atoms with Crippen molar-refractivity contribution in [2.45, 2.75) is 95.3 Å². The number of rotatable bonds is 10. The minimum absolute atomic E-state index is 0.0679. The number of carbonyl (C=O) groups excluding carboxylic acids is 1. The van der Waals surface area contributed by atoms with Crippen LogP contribution in [0.2, 0.25) is 0 Å². The summed E-state index contributed by atoms with van der Waals surface area (Å²) >= 11 is 0. The van der Waals surface area contributed by atoms with Crippen LogP contribution in [0, 0.1) is 11.3 Å². The van der Waals surface area contributed by atoms with Gasteiger partial charge in [0.25, 0.3) is 0 Å². The zero-order valence-corrected chi connectivity index (χ0v) is 20.6. The van der Waals surface area contributed by atoms with Gasteiger partial charge in [-0.05, 0) is 75.3 Å². The summed E-state index contributed by atoms with van der Waals surface area (Å²) in [7, 11) is 0. The smallest absolute Gasteiger partial charge is 0.326 e. The lowest BCUT2D eigenvalue weighted by atomic mass is 9.70.